The van der Waals surface area contributed by atoms with Crippen LogP contribution in [0.25, 0.3) is 11.0 Å². The molecule has 1 unspecified atom stereocenters. The minimum Gasteiger partial charge on any atom is -0.324 e. The van der Waals surface area contributed by atoms with Crippen LogP contribution in [0.1, 0.15) is 57.4 Å². The molecule has 0 spiro atoms. The topological polar surface area (TPSA) is 29.9 Å². The van der Waals surface area contributed by atoms with Gasteiger partial charge in [-0.1, -0.05) is 24.4 Å². The zero-order valence-corrected chi connectivity index (χ0v) is 13.0. The van der Waals surface area contributed by atoms with E-state index in [1.165, 1.54) is 31.5 Å². The van der Waals surface area contributed by atoms with Crippen molar-refractivity contribution in [2.24, 2.45) is 0 Å². The van der Waals surface area contributed by atoms with Crippen LogP contribution in [0.15, 0.2) is 18.2 Å². The van der Waals surface area contributed by atoms with E-state index in [9.17, 15) is 0 Å². The fourth-order valence-corrected chi connectivity index (χ4v) is 3.29. The molecule has 4 heteroatoms. The first-order valence-corrected chi connectivity index (χ1v) is 7.95. The van der Waals surface area contributed by atoms with E-state index in [1.807, 2.05) is 18.2 Å². The summed E-state index contributed by atoms with van der Waals surface area (Å²) in [6.07, 6.45) is 5.03. The second-order valence-electron chi connectivity index (χ2n) is 5.92. The Balaban J connectivity index is 2.11. The third-order valence-corrected chi connectivity index (χ3v) is 4.30. The SMILES string of the molecule is CC(C)n1c(C2CCCCCN2)nc2ccc(Cl)cc21. The number of halogens is 1. The molecule has 3 nitrogen and oxygen atoms in total. The van der Waals surface area contributed by atoms with Gasteiger partial charge in [0.05, 0.1) is 17.1 Å². The normalized spacial score (nSPS) is 20.5. The summed E-state index contributed by atoms with van der Waals surface area (Å²) in [6, 6.07) is 6.73. The van der Waals surface area contributed by atoms with E-state index >= 15 is 0 Å². The Morgan fingerprint density at radius 2 is 2.15 bits per heavy atom. The maximum absolute atomic E-state index is 6.16. The number of aromatic nitrogens is 2. The van der Waals surface area contributed by atoms with Crippen molar-refractivity contribution < 1.29 is 0 Å². The number of benzene rings is 1. The summed E-state index contributed by atoms with van der Waals surface area (Å²) in [5.74, 6) is 1.17. The number of hydrogen-bond donors (Lipinski definition) is 1. The number of nitrogens with one attached hydrogen (secondary N) is 1. The molecular formula is C16H22ClN3. The van der Waals surface area contributed by atoms with Gasteiger partial charge < -0.3 is 9.88 Å². The van der Waals surface area contributed by atoms with E-state index in [4.69, 9.17) is 16.6 Å². The molecule has 2 heterocycles. The standard InChI is InChI=1S/C16H22ClN3/c1-11(2)20-15-10-12(17)7-8-13(15)19-16(20)14-6-4-3-5-9-18-14/h7-8,10-11,14,18H,3-6,9H2,1-2H3. The Hall–Kier alpha value is -1.06. The molecule has 3 rings (SSSR count). The second kappa shape index (κ2) is 5.74. The van der Waals surface area contributed by atoms with E-state index < -0.39 is 0 Å². The minimum atomic E-state index is 0.367. The predicted molar refractivity (Wildman–Crippen MR) is 84.3 cm³/mol. The highest BCUT2D eigenvalue weighted by Gasteiger charge is 2.22. The summed E-state index contributed by atoms with van der Waals surface area (Å²) in [5.41, 5.74) is 2.19. The molecule has 1 atom stereocenters. The van der Waals surface area contributed by atoms with E-state index in [0.29, 0.717) is 12.1 Å². The first-order valence-electron chi connectivity index (χ1n) is 7.57. The van der Waals surface area contributed by atoms with Crippen LogP contribution in [0.2, 0.25) is 5.02 Å². The monoisotopic (exact) mass is 291 g/mol. The second-order valence-corrected chi connectivity index (χ2v) is 6.36. The van der Waals surface area contributed by atoms with E-state index in [2.05, 4.69) is 23.7 Å². The summed E-state index contributed by atoms with van der Waals surface area (Å²) < 4.78 is 2.34. The lowest BCUT2D eigenvalue weighted by Gasteiger charge is -2.20. The van der Waals surface area contributed by atoms with Crippen LogP contribution >= 0.6 is 11.6 Å². The van der Waals surface area contributed by atoms with Crippen LogP contribution in [0.3, 0.4) is 0 Å². The molecule has 1 N–H and O–H groups in total. The lowest BCUT2D eigenvalue weighted by Crippen LogP contribution is -2.24. The van der Waals surface area contributed by atoms with Crippen LogP contribution in [0.5, 0.6) is 0 Å². The molecule has 0 aliphatic carbocycles. The van der Waals surface area contributed by atoms with Crippen LogP contribution in [0, 0.1) is 0 Å². The van der Waals surface area contributed by atoms with Crippen molar-refractivity contribution in [2.75, 3.05) is 6.54 Å². The van der Waals surface area contributed by atoms with E-state index in [-0.39, 0.29) is 0 Å². The van der Waals surface area contributed by atoms with Gasteiger partial charge in [0.15, 0.2) is 0 Å². The third kappa shape index (κ3) is 2.57. The Kier molecular flexibility index (Phi) is 3.99. The molecule has 20 heavy (non-hydrogen) atoms. The largest absolute Gasteiger partial charge is 0.324 e. The van der Waals surface area contributed by atoms with Gasteiger partial charge in [-0.2, -0.15) is 0 Å². The number of rotatable bonds is 2. The maximum Gasteiger partial charge on any atom is 0.127 e. The minimum absolute atomic E-state index is 0.367. The van der Waals surface area contributed by atoms with Crippen molar-refractivity contribution in [2.45, 2.75) is 51.6 Å². The van der Waals surface area contributed by atoms with Gasteiger partial charge in [-0.3, -0.25) is 0 Å². The summed E-state index contributed by atoms with van der Waals surface area (Å²) in [4.78, 5) is 4.88. The predicted octanol–water partition coefficient (Wildman–Crippen LogP) is 4.48. The Bertz CT molecular complexity index is 595. The fourth-order valence-electron chi connectivity index (χ4n) is 3.12. The van der Waals surface area contributed by atoms with Crippen molar-refractivity contribution in [3.63, 3.8) is 0 Å². The molecule has 1 aromatic heterocycles. The molecule has 0 amide bonds. The zero-order valence-electron chi connectivity index (χ0n) is 12.2. The van der Waals surface area contributed by atoms with Crippen LogP contribution in [0.4, 0.5) is 0 Å². The highest BCUT2D eigenvalue weighted by molar-refractivity contribution is 6.31. The average Bonchev–Trinajstić information content (AvgIpc) is 2.60. The lowest BCUT2D eigenvalue weighted by atomic mass is 10.1. The van der Waals surface area contributed by atoms with Crippen molar-refractivity contribution in [3.8, 4) is 0 Å². The van der Waals surface area contributed by atoms with Gasteiger partial charge >= 0.3 is 0 Å². The van der Waals surface area contributed by atoms with Crippen LogP contribution in [-0.4, -0.2) is 16.1 Å². The van der Waals surface area contributed by atoms with Gasteiger partial charge in [-0.15, -0.1) is 0 Å². The number of nitrogens with zero attached hydrogens (tertiary/aromatic N) is 2. The van der Waals surface area contributed by atoms with Gasteiger partial charge in [0, 0.05) is 11.1 Å². The van der Waals surface area contributed by atoms with Crippen molar-refractivity contribution in [3.05, 3.63) is 29.0 Å². The highest BCUT2D eigenvalue weighted by Crippen LogP contribution is 2.30. The van der Waals surface area contributed by atoms with E-state index in [1.54, 1.807) is 0 Å². The van der Waals surface area contributed by atoms with Gasteiger partial charge in [-0.05, 0) is 51.4 Å². The summed E-state index contributed by atoms with van der Waals surface area (Å²) in [6.45, 7) is 5.51. The highest BCUT2D eigenvalue weighted by atomic mass is 35.5. The fraction of sp³-hybridized carbons (Fsp3) is 0.562. The van der Waals surface area contributed by atoms with Gasteiger partial charge in [0.1, 0.15) is 5.82 Å². The quantitative estimate of drug-likeness (QED) is 0.884. The Morgan fingerprint density at radius 3 is 2.95 bits per heavy atom. The lowest BCUT2D eigenvalue weighted by molar-refractivity contribution is 0.464. The summed E-state index contributed by atoms with van der Waals surface area (Å²) in [7, 11) is 0. The molecule has 0 saturated carbocycles. The Labute approximate surface area is 125 Å². The smallest absolute Gasteiger partial charge is 0.127 e. The molecule has 1 fully saturated rings. The van der Waals surface area contributed by atoms with Crippen LogP contribution in [-0.2, 0) is 0 Å². The first kappa shape index (κ1) is 13.9. The number of imidazole rings is 1. The average molecular weight is 292 g/mol. The maximum atomic E-state index is 6.16. The molecule has 1 saturated heterocycles. The molecule has 0 radical (unpaired) electrons. The van der Waals surface area contributed by atoms with Gasteiger partial charge in [0.25, 0.3) is 0 Å². The van der Waals surface area contributed by atoms with Crippen molar-refractivity contribution >= 4 is 22.6 Å². The zero-order chi connectivity index (χ0) is 14.1. The number of hydrogen-bond acceptors (Lipinski definition) is 2. The van der Waals surface area contributed by atoms with Crippen molar-refractivity contribution in [1.82, 2.24) is 14.9 Å². The number of fused-ring (bicyclic) bond motifs is 1. The molecule has 1 aliphatic heterocycles. The third-order valence-electron chi connectivity index (χ3n) is 4.07. The van der Waals surface area contributed by atoms with Crippen LogP contribution < -0.4 is 5.32 Å². The summed E-state index contributed by atoms with van der Waals surface area (Å²) >= 11 is 6.16. The molecule has 0 bridgehead atoms. The van der Waals surface area contributed by atoms with Gasteiger partial charge in [-0.25, -0.2) is 4.98 Å². The molecule has 108 valence electrons. The molecule has 1 aliphatic rings. The van der Waals surface area contributed by atoms with Crippen molar-refractivity contribution in [1.29, 1.82) is 0 Å². The first-order chi connectivity index (χ1) is 9.66. The molecular weight excluding hydrogens is 270 g/mol. The molecule has 2 aromatic rings. The van der Waals surface area contributed by atoms with Gasteiger partial charge in [0.2, 0.25) is 0 Å². The molecule has 1 aromatic carbocycles. The van der Waals surface area contributed by atoms with E-state index in [0.717, 1.165) is 22.6 Å². The summed E-state index contributed by atoms with van der Waals surface area (Å²) in [5, 5.41) is 4.43. The Morgan fingerprint density at radius 1 is 1.30 bits per heavy atom.